The molecule has 0 saturated heterocycles. The normalized spacial score (nSPS) is 11.7. The number of hydrogen-bond acceptors (Lipinski definition) is 4. The van der Waals surface area contributed by atoms with Crippen molar-refractivity contribution >= 4 is 15.9 Å². The van der Waals surface area contributed by atoms with E-state index in [4.69, 9.17) is 9.88 Å². The third-order valence-electron chi connectivity index (χ3n) is 2.60. The molecular formula is C13H20N2O4S. The molecule has 0 unspecified atom stereocenters. The van der Waals surface area contributed by atoms with Crippen molar-refractivity contribution in [1.29, 1.82) is 0 Å². The van der Waals surface area contributed by atoms with Crippen LogP contribution < -0.4 is 10.5 Å². The van der Waals surface area contributed by atoms with E-state index >= 15 is 0 Å². The van der Waals surface area contributed by atoms with Crippen molar-refractivity contribution < 1.29 is 17.9 Å². The van der Waals surface area contributed by atoms with Gasteiger partial charge in [0.2, 0.25) is 10.0 Å². The Labute approximate surface area is 119 Å². The van der Waals surface area contributed by atoms with Gasteiger partial charge in [-0.25, -0.2) is 13.6 Å². The van der Waals surface area contributed by atoms with Gasteiger partial charge in [0.25, 0.3) is 5.91 Å². The number of ether oxygens (including phenoxy) is 1. The van der Waals surface area contributed by atoms with Crippen LogP contribution in [-0.2, 0) is 14.8 Å². The summed E-state index contributed by atoms with van der Waals surface area (Å²) in [6.45, 7) is 6.19. The Bertz CT molecular complexity index is 582. The second-order valence-electron chi connectivity index (χ2n) is 4.70. The number of nitrogens with two attached hydrogens (primary N) is 1. The molecule has 1 rings (SSSR count). The summed E-state index contributed by atoms with van der Waals surface area (Å²) in [5.41, 5.74) is 0.761. The monoisotopic (exact) mass is 300 g/mol. The Balaban J connectivity index is 2.75. The topological polar surface area (TPSA) is 98.5 Å². The Morgan fingerprint density at radius 2 is 2.05 bits per heavy atom. The molecule has 0 radical (unpaired) electrons. The average molecular weight is 300 g/mol. The number of aryl methyl sites for hydroxylation is 1. The first-order valence-electron chi connectivity index (χ1n) is 6.25. The maximum Gasteiger partial charge on any atom is 0.251 e. The molecule has 0 aromatic heterocycles. The highest BCUT2D eigenvalue weighted by Gasteiger charge is 2.14. The largest absolute Gasteiger partial charge is 0.377 e. The van der Waals surface area contributed by atoms with Gasteiger partial charge in [-0.1, -0.05) is 6.07 Å². The first-order valence-corrected chi connectivity index (χ1v) is 7.79. The number of sulfonamides is 1. The minimum atomic E-state index is -3.83. The molecule has 20 heavy (non-hydrogen) atoms. The molecule has 7 heteroatoms. The maximum atomic E-state index is 11.9. The molecule has 0 bridgehead atoms. The summed E-state index contributed by atoms with van der Waals surface area (Å²) < 4.78 is 28.1. The maximum absolute atomic E-state index is 11.9. The molecule has 0 aliphatic heterocycles. The van der Waals surface area contributed by atoms with Gasteiger partial charge in [-0.2, -0.15) is 0 Å². The highest BCUT2D eigenvalue weighted by molar-refractivity contribution is 7.89. The van der Waals surface area contributed by atoms with Crippen molar-refractivity contribution in [1.82, 2.24) is 5.32 Å². The molecule has 1 amide bonds. The Hall–Kier alpha value is -1.44. The van der Waals surface area contributed by atoms with E-state index in [1.165, 1.54) is 6.07 Å². The standard InChI is InChI=1S/C13H20N2O4S/c1-9(2)19-7-6-15-13(16)11-5-4-10(3)12(8-11)20(14,17)18/h4-5,8-9H,6-7H2,1-3H3,(H,15,16)(H2,14,17,18). The molecule has 1 aromatic rings. The number of primary sulfonamides is 1. The number of carbonyl (C=O) groups is 1. The first-order chi connectivity index (χ1) is 9.21. The number of carbonyl (C=O) groups excluding carboxylic acids is 1. The zero-order valence-electron chi connectivity index (χ0n) is 11.8. The lowest BCUT2D eigenvalue weighted by atomic mass is 10.1. The van der Waals surface area contributed by atoms with Gasteiger partial charge in [0.1, 0.15) is 0 Å². The molecule has 0 fully saturated rings. The summed E-state index contributed by atoms with van der Waals surface area (Å²) in [5, 5.41) is 7.75. The molecule has 0 saturated carbocycles. The number of rotatable bonds is 6. The zero-order valence-corrected chi connectivity index (χ0v) is 12.7. The second-order valence-corrected chi connectivity index (χ2v) is 6.23. The summed E-state index contributed by atoms with van der Waals surface area (Å²) in [4.78, 5) is 11.8. The summed E-state index contributed by atoms with van der Waals surface area (Å²) >= 11 is 0. The van der Waals surface area contributed by atoms with Gasteiger partial charge < -0.3 is 10.1 Å². The SMILES string of the molecule is Cc1ccc(C(=O)NCCOC(C)C)cc1S(N)(=O)=O. The van der Waals surface area contributed by atoms with Crippen LogP contribution in [0.2, 0.25) is 0 Å². The molecule has 1 aromatic carbocycles. The van der Waals surface area contributed by atoms with Crippen molar-refractivity contribution in [3.8, 4) is 0 Å². The summed E-state index contributed by atoms with van der Waals surface area (Å²) in [5.74, 6) is -0.359. The zero-order chi connectivity index (χ0) is 15.3. The summed E-state index contributed by atoms with van der Waals surface area (Å²) in [6, 6.07) is 4.39. The quantitative estimate of drug-likeness (QED) is 0.759. The minimum Gasteiger partial charge on any atom is -0.377 e. The van der Waals surface area contributed by atoms with Crippen molar-refractivity contribution in [2.45, 2.75) is 31.8 Å². The van der Waals surface area contributed by atoms with Gasteiger partial charge >= 0.3 is 0 Å². The third-order valence-corrected chi connectivity index (χ3v) is 3.65. The second kappa shape index (κ2) is 6.83. The van der Waals surface area contributed by atoms with Crippen LogP contribution in [0.3, 0.4) is 0 Å². The molecule has 6 nitrogen and oxygen atoms in total. The lowest BCUT2D eigenvalue weighted by Crippen LogP contribution is -2.28. The average Bonchev–Trinajstić information content (AvgIpc) is 2.33. The van der Waals surface area contributed by atoms with E-state index in [2.05, 4.69) is 5.32 Å². The molecule has 3 N–H and O–H groups in total. The summed E-state index contributed by atoms with van der Waals surface area (Å²) in [7, 11) is -3.83. The Morgan fingerprint density at radius 1 is 1.40 bits per heavy atom. The minimum absolute atomic E-state index is 0.0384. The molecule has 112 valence electrons. The molecule has 0 aliphatic carbocycles. The first kappa shape index (κ1) is 16.6. The highest BCUT2D eigenvalue weighted by Crippen LogP contribution is 2.15. The van der Waals surface area contributed by atoms with Crippen LogP contribution in [0.25, 0.3) is 0 Å². The van der Waals surface area contributed by atoms with E-state index in [0.717, 1.165) is 0 Å². The van der Waals surface area contributed by atoms with Gasteiger partial charge in [0.15, 0.2) is 0 Å². The highest BCUT2D eigenvalue weighted by atomic mass is 32.2. The Morgan fingerprint density at radius 3 is 2.60 bits per heavy atom. The van der Waals surface area contributed by atoms with Crippen LogP contribution in [0.1, 0.15) is 29.8 Å². The van der Waals surface area contributed by atoms with Crippen LogP contribution in [0, 0.1) is 6.92 Å². The van der Waals surface area contributed by atoms with Gasteiger partial charge in [0.05, 0.1) is 17.6 Å². The molecular weight excluding hydrogens is 280 g/mol. The third kappa shape index (κ3) is 4.92. The predicted octanol–water partition coefficient (Wildman–Crippen LogP) is 0.797. The van der Waals surface area contributed by atoms with Crippen LogP contribution in [0.5, 0.6) is 0 Å². The van der Waals surface area contributed by atoms with Gasteiger partial charge in [0, 0.05) is 12.1 Å². The van der Waals surface area contributed by atoms with E-state index in [-0.39, 0.29) is 22.5 Å². The van der Waals surface area contributed by atoms with Crippen LogP contribution in [-0.4, -0.2) is 33.6 Å². The number of benzene rings is 1. The van der Waals surface area contributed by atoms with E-state index in [1.54, 1.807) is 19.1 Å². The van der Waals surface area contributed by atoms with Gasteiger partial charge in [-0.3, -0.25) is 4.79 Å². The number of hydrogen-bond donors (Lipinski definition) is 2. The predicted molar refractivity (Wildman–Crippen MR) is 76.0 cm³/mol. The fourth-order valence-corrected chi connectivity index (χ4v) is 2.42. The van der Waals surface area contributed by atoms with Gasteiger partial charge in [-0.05, 0) is 38.5 Å². The fraction of sp³-hybridized carbons (Fsp3) is 0.462. The van der Waals surface area contributed by atoms with E-state index in [0.29, 0.717) is 18.7 Å². The van der Waals surface area contributed by atoms with Crippen LogP contribution in [0.15, 0.2) is 23.1 Å². The molecule has 0 atom stereocenters. The molecule has 0 heterocycles. The van der Waals surface area contributed by atoms with E-state index in [1.807, 2.05) is 13.8 Å². The molecule has 0 aliphatic rings. The van der Waals surface area contributed by atoms with Crippen LogP contribution >= 0.6 is 0 Å². The summed E-state index contributed by atoms with van der Waals surface area (Å²) in [6.07, 6.45) is 0.0975. The lowest BCUT2D eigenvalue weighted by Gasteiger charge is -2.10. The van der Waals surface area contributed by atoms with Crippen LogP contribution in [0.4, 0.5) is 0 Å². The molecule has 0 spiro atoms. The lowest BCUT2D eigenvalue weighted by molar-refractivity contribution is 0.0746. The van der Waals surface area contributed by atoms with Gasteiger partial charge in [-0.15, -0.1) is 0 Å². The van der Waals surface area contributed by atoms with Crippen molar-refractivity contribution in [3.63, 3.8) is 0 Å². The van der Waals surface area contributed by atoms with Crippen molar-refractivity contribution in [2.24, 2.45) is 5.14 Å². The van der Waals surface area contributed by atoms with Crippen molar-refractivity contribution in [2.75, 3.05) is 13.2 Å². The van der Waals surface area contributed by atoms with E-state index in [9.17, 15) is 13.2 Å². The number of amides is 1. The Kier molecular flexibility index (Phi) is 5.67. The smallest absolute Gasteiger partial charge is 0.251 e. The van der Waals surface area contributed by atoms with E-state index < -0.39 is 10.0 Å². The van der Waals surface area contributed by atoms with Crippen molar-refractivity contribution in [3.05, 3.63) is 29.3 Å². The number of nitrogens with one attached hydrogen (secondary N) is 1. The fourth-order valence-electron chi connectivity index (χ4n) is 1.61.